The minimum Gasteiger partial charge on any atom is -0.381 e. The maximum absolute atomic E-state index is 5.49. The van der Waals surface area contributed by atoms with Crippen molar-refractivity contribution in [3.05, 3.63) is 0 Å². The van der Waals surface area contributed by atoms with Gasteiger partial charge in [-0.1, -0.05) is 6.92 Å². The van der Waals surface area contributed by atoms with Crippen LogP contribution in [0.2, 0.25) is 0 Å². The third-order valence-electron chi connectivity index (χ3n) is 3.52. The van der Waals surface area contributed by atoms with Crippen molar-refractivity contribution in [2.45, 2.75) is 56.0 Å². The van der Waals surface area contributed by atoms with Crippen molar-refractivity contribution < 1.29 is 4.74 Å². The maximum Gasteiger partial charge on any atom is 0.0673 e. The third kappa shape index (κ3) is 2.10. The van der Waals surface area contributed by atoms with Gasteiger partial charge in [-0.05, 0) is 25.7 Å². The van der Waals surface area contributed by atoms with Gasteiger partial charge in [-0.3, -0.25) is 5.32 Å². The van der Waals surface area contributed by atoms with Crippen LogP contribution in [0.1, 0.15) is 39.0 Å². The number of rotatable bonds is 2. The Labute approximate surface area is 91.2 Å². The first-order chi connectivity index (χ1) is 6.78. The van der Waals surface area contributed by atoms with Crippen molar-refractivity contribution in [3.63, 3.8) is 0 Å². The van der Waals surface area contributed by atoms with Crippen molar-refractivity contribution >= 4 is 11.8 Å². The molecule has 1 N–H and O–H groups in total. The van der Waals surface area contributed by atoms with Gasteiger partial charge in [0.1, 0.15) is 0 Å². The first-order valence-corrected chi connectivity index (χ1v) is 6.71. The van der Waals surface area contributed by atoms with Crippen LogP contribution in [0, 0.1) is 0 Å². The molecule has 2 nitrogen and oxygen atoms in total. The third-order valence-corrected chi connectivity index (χ3v) is 5.13. The van der Waals surface area contributed by atoms with Crippen LogP contribution in [0.3, 0.4) is 0 Å². The van der Waals surface area contributed by atoms with Gasteiger partial charge in [-0.15, -0.1) is 11.8 Å². The highest BCUT2D eigenvalue weighted by molar-refractivity contribution is 8.00. The Morgan fingerprint density at radius 2 is 2.43 bits per heavy atom. The van der Waals surface area contributed by atoms with E-state index in [1.807, 2.05) is 7.11 Å². The number of hydrogen-bond donors (Lipinski definition) is 1. The van der Waals surface area contributed by atoms with Gasteiger partial charge in [0.25, 0.3) is 0 Å². The van der Waals surface area contributed by atoms with E-state index in [1.54, 1.807) is 0 Å². The normalized spacial score (nSPS) is 43.3. The highest BCUT2D eigenvalue weighted by atomic mass is 32.2. The van der Waals surface area contributed by atoms with Crippen LogP contribution in [-0.2, 0) is 4.74 Å². The number of methoxy groups -OCH3 is 1. The predicted octanol–water partition coefficient (Wildman–Crippen LogP) is 2.39. The van der Waals surface area contributed by atoms with Gasteiger partial charge >= 0.3 is 0 Å². The molecule has 3 heteroatoms. The van der Waals surface area contributed by atoms with Crippen LogP contribution in [0.15, 0.2) is 0 Å². The molecule has 0 aromatic rings. The van der Waals surface area contributed by atoms with Gasteiger partial charge in [-0.2, -0.15) is 0 Å². The highest BCUT2D eigenvalue weighted by Crippen LogP contribution is 2.43. The summed E-state index contributed by atoms with van der Waals surface area (Å²) in [6.45, 7) is 2.27. The Kier molecular flexibility index (Phi) is 3.40. The van der Waals surface area contributed by atoms with Crippen LogP contribution in [0.5, 0.6) is 0 Å². The molecule has 1 heterocycles. The summed E-state index contributed by atoms with van der Waals surface area (Å²) >= 11 is 2.13. The SMILES string of the molecule is CCC1CSC2(CCCC(OC)C2)N1. The minimum absolute atomic E-state index is 0.361. The van der Waals surface area contributed by atoms with Crippen LogP contribution in [0.4, 0.5) is 0 Å². The topological polar surface area (TPSA) is 21.3 Å². The summed E-state index contributed by atoms with van der Waals surface area (Å²) < 4.78 is 5.49. The van der Waals surface area contributed by atoms with Crippen molar-refractivity contribution in [2.75, 3.05) is 12.9 Å². The van der Waals surface area contributed by atoms with E-state index in [4.69, 9.17) is 4.74 Å². The molecule has 0 aromatic heterocycles. The quantitative estimate of drug-likeness (QED) is 0.764. The molecule has 2 rings (SSSR count). The molecule has 3 atom stereocenters. The van der Waals surface area contributed by atoms with E-state index in [2.05, 4.69) is 24.0 Å². The average Bonchev–Trinajstić information content (AvgIpc) is 2.61. The Balaban J connectivity index is 1.95. The van der Waals surface area contributed by atoms with E-state index in [1.165, 1.54) is 37.9 Å². The lowest BCUT2D eigenvalue weighted by molar-refractivity contribution is 0.0524. The highest BCUT2D eigenvalue weighted by Gasteiger charge is 2.42. The van der Waals surface area contributed by atoms with Gasteiger partial charge in [0.05, 0.1) is 11.0 Å². The smallest absolute Gasteiger partial charge is 0.0673 e. The number of ether oxygens (including phenoxy) is 1. The maximum atomic E-state index is 5.49. The van der Waals surface area contributed by atoms with Crippen molar-refractivity contribution in [2.24, 2.45) is 0 Å². The van der Waals surface area contributed by atoms with Crippen LogP contribution >= 0.6 is 11.8 Å². The fourth-order valence-electron chi connectivity index (χ4n) is 2.59. The Hall–Kier alpha value is 0.270. The van der Waals surface area contributed by atoms with E-state index in [9.17, 15) is 0 Å². The first-order valence-electron chi connectivity index (χ1n) is 5.72. The second-order valence-corrected chi connectivity index (χ2v) is 5.91. The zero-order valence-electron chi connectivity index (χ0n) is 9.21. The standard InChI is InChI=1S/C11H21NOS/c1-3-9-8-14-11(12-9)6-4-5-10(7-11)13-2/h9-10,12H,3-8H2,1-2H3. The summed E-state index contributed by atoms with van der Waals surface area (Å²) in [6, 6.07) is 0.732. The molecule has 1 saturated heterocycles. The fourth-order valence-corrected chi connectivity index (χ4v) is 4.27. The van der Waals surface area contributed by atoms with Crippen LogP contribution in [0.25, 0.3) is 0 Å². The summed E-state index contributed by atoms with van der Waals surface area (Å²) in [4.78, 5) is 0.361. The lowest BCUT2D eigenvalue weighted by Gasteiger charge is -2.37. The predicted molar refractivity (Wildman–Crippen MR) is 61.7 cm³/mol. The lowest BCUT2D eigenvalue weighted by Crippen LogP contribution is -2.46. The molecule has 0 radical (unpaired) electrons. The van der Waals surface area contributed by atoms with Gasteiger partial charge in [0, 0.05) is 25.3 Å². The van der Waals surface area contributed by atoms with Gasteiger partial charge in [-0.25, -0.2) is 0 Å². The van der Waals surface area contributed by atoms with Gasteiger partial charge in [0.15, 0.2) is 0 Å². The van der Waals surface area contributed by atoms with E-state index < -0.39 is 0 Å². The molecule has 0 amide bonds. The minimum atomic E-state index is 0.361. The zero-order chi connectivity index (χ0) is 10.0. The molecule has 1 aliphatic carbocycles. The molecule has 0 bridgehead atoms. The summed E-state index contributed by atoms with van der Waals surface area (Å²) in [7, 11) is 1.85. The molecule has 2 fully saturated rings. The Morgan fingerprint density at radius 1 is 1.57 bits per heavy atom. The molecule has 1 aliphatic heterocycles. The molecule has 0 aromatic carbocycles. The summed E-state index contributed by atoms with van der Waals surface area (Å²) in [5.41, 5.74) is 0. The monoisotopic (exact) mass is 215 g/mol. The number of hydrogen-bond acceptors (Lipinski definition) is 3. The first kappa shape index (κ1) is 10.8. The second kappa shape index (κ2) is 4.42. The van der Waals surface area contributed by atoms with Gasteiger partial charge in [0.2, 0.25) is 0 Å². The Morgan fingerprint density at radius 3 is 3.07 bits per heavy atom. The van der Waals surface area contributed by atoms with E-state index in [0.29, 0.717) is 11.0 Å². The number of nitrogens with one attached hydrogen (secondary N) is 1. The molecule has 1 spiro atoms. The van der Waals surface area contributed by atoms with E-state index in [-0.39, 0.29) is 0 Å². The van der Waals surface area contributed by atoms with Crippen LogP contribution in [-0.4, -0.2) is 29.9 Å². The largest absolute Gasteiger partial charge is 0.381 e. The van der Waals surface area contributed by atoms with Crippen molar-refractivity contribution in [1.29, 1.82) is 0 Å². The molecule has 2 aliphatic rings. The lowest BCUT2D eigenvalue weighted by atomic mass is 9.91. The summed E-state index contributed by atoms with van der Waals surface area (Å²) in [6.07, 6.45) is 6.83. The average molecular weight is 215 g/mol. The molecule has 14 heavy (non-hydrogen) atoms. The van der Waals surface area contributed by atoms with Gasteiger partial charge < -0.3 is 4.74 Å². The number of thioether (sulfide) groups is 1. The van der Waals surface area contributed by atoms with Crippen LogP contribution < -0.4 is 5.32 Å². The fraction of sp³-hybridized carbons (Fsp3) is 1.00. The molecule has 1 saturated carbocycles. The van der Waals surface area contributed by atoms with E-state index in [0.717, 1.165) is 6.04 Å². The molecular formula is C11H21NOS. The van der Waals surface area contributed by atoms with Crippen molar-refractivity contribution in [1.82, 2.24) is 5.32 Å². The Bertz CT molecular complexity index is 200. The summed E-state index contributed by atoms with van der Waals surface area (Å²) in [5.74, 6) is 1.28. The molecule has 82 valence electrons. The molecule has 3 unspecified atom stereocenters. The zero-order valence-corrected chi connectivity index (χ0v) is 10.0. The second-order valence-electron chi connectivity index (χ2n) is 4.51. The van der Waals surface area contributed by atoms with Crippen molar-refractivity contribution in [3.8, 4) is 0 Å². The molecular weight excluding hydrogens is 194 g/mol. The van der Waals surface area contributed by atoms with E-state index >= 15 is 0 Å². The summed E-state index contributed by atoms with van der Waals surface area (Å²) in [5, 5.41) is 3.80.